The van der Waals surface area contributed by atoms with Crippen LogP contribution in [-0.2, 0) is 10.3 Å². The molecule has 2 aliphatic rings. The van der Waals surface area contributed by atoms with Crippen molar-refractivity contribution in [3.8, 4) is 0 Å². The Bertz CT molecular complexity index is 865. The minimum atomic E-state index is -0.585. The molecule has 2 aliphatic heterocycles. The summed E-state index contributed by atoms with van der Waals surface area (Å²) in [5, 5.41) is 9.41. The van der Waals surface area contributed by atoms with Crippen molar-refractivity contribution >= 4 is 40.0 Å². The fourth-order valence-electron chi connectivity index (χ4n) is 3.17. The first-order valence-corrected chi connectivity index (χ1v) is 10.00. The number of nitrogens with two attached hydrogens (primary N) is 1. The van der Waals surface area contributed by atoms with Crippen LogP contribution in [0.3, 0.4) is 0 Å². The number of carbonyl (C=O) groups excluding carboxylic acids is 1. The van der Waals surface area contributed by atoms with Crippen molar-refractivity contribution in [2.75, 3.05) is 17.7 Å². The van der Waals surface area contributed by atoms with Gasteiger partial charge in [-0.1, -0.05) is 16.9 Å². The summed E-state index contributed by atoms with van der Waals surface area (Å²) in [6.45, 7) is 4.12. The van der Waals surface area contributed by atoms with Gasteiger partial charge in [-0.05, 0) is 13.3 Å². The van der Waals surface area contributed by atoms with E-state index < -0.39 is 11.4 Å². The van der Waals surface area contributed by atoms with Crippen LogP contribution in [0, 0.1) is 12.8 Å². The minimum absolute atomic E-state index is 0.0285. The number of nitrogens with one attached hydrogen (secondary N) is 1. The molecule has 138 valence electrons. The lowest BCUT2D eigenvalue weighted by Gasteiger charge is -2.44. The number of amidine groups is 1. The Balaban J connectivity index is 1.59. The number of anilines is 1. The summed E-state index contributed by atoms with van der Waals surface area (Å²) in [7, 11) is 0. The van der Waals surface area contributed by atoms with Crippen LogP contribution in [-0.4, -0.2) is 44.7 Å². The second-order valence-corrected chi connectivity index (χ2v) is 8.27. The molecule has 1 fully saturated rings. The lowest BCUT2D eigenvalue weighted by Crippen LogP contribution is -2.49. The van der Waals surface area contributed by atoms with Crippen LogP contribution in [0.25, 0.3) is 0 Å². The number of aromatic nitrogens is 3. The first kappa shape index (κ1) is 17.4. The lowest BCUT2D eigenvalue weighted by atomic mass is 9.80. The Morgan fingerprint density at radius 3 is 3.08 bits per heavy atom. The van der Waals surface area contributed by atoms with Crippen LogP contribution in [0.2, 0.25) is 0 Å². The van der Waals surface area contributed by atoms with E-state index in [2.05, 4.69) is 27.4 Å². The zero-order chi connectivity index (χ0) is 18.3. The SMILES string of the molecule is Cc1nc(C(=O)Nc2csc(C34COC(C)CC3CSC(N)=N4)n2)no1. The second-order valence-electron chi connectivity index (χ2n) is 6.37. The second kappa shape index (κ2) is 6.63. The van der Waals surface area contributed by atoms with Crippen molar-refractivity contribution < 1.29 is 14.1 Å². The molecule has 2 aromatic rings. The molecule has 9 nitrogen and oxygen atoms in total. The summed E-state index contributed by atoms with van der Waals surface area (Å²) in [4.78, 5) is 25.4. The zero-order valence-electron chi connectivity index (χ0n) is 14.3. The van der Waals surface area contributed by atoms with Crippen molar-refractivity contribution in [2.45, 2.75) is 31.9 Å². The number of rotatable bonds is 3. The van der Waals surface area contributed by atoms with E-state index in [4.69, 9.17) is 20.0 Å². The standard InChI is InChI=1S/C15H18N6O3S2/c1-7-3-9-4-26-14(16)20-15(9,6-23-7)13-19-10(5-25-13)18-12(22)11-17-8(2)24-21-11/h5,7,9H,3-4,6H2,1-2H3,(H2,16,20)(H,18,22). The highest BCUT2D eigenvalue weighted by atomic mass is 32.2. The molecule has 0 aliphatic carbocycles. The van der Waals surface area contributed by atoms with Gasteiger partial charge in [0.2, 0.25) is 5.89 Å². The van der Waals surface area contributed by atoms with Gasteiger partial charge in [0.1, 0.15) is 16.4 Å². The Kier molecular flexibility index (Phi) is 4.45. The highest BCUT2D eigenvalue weighted by Crippen LogP contribution is 2.46. The van der Waals surface area contributed by atoms with E-state index in [1.54, 1.807) is 24.1 Å². The molecule has 2 aromatic heterocycles. The Morgan fingerprint density at radius 1 is 1.46 bits per heavy atom. The van der Waals surface area contributed by atoms with E-state index in [1.807, 2.05) is 0 Å². The molecule has 3 atom stereocenters. The van der Waals surface area contributed by atoms with Gasteiger partial charge in [-0.2, -0.15) is 4.98 Å². The van der Waals surface area contributed by atoms with E-state index in [0.717, 1.165) is 17.2 Å². The summed E-state index contributed by atoms with van der Waals surface area (Å²) in [5.41, 5.74) is 5.42. The minimum Gasteiger partial charge on any atom is -0.379 e. The Morgan fingerprint density at radius 2 is 2.31 bits per heavy atom. The smallest absolute Gasteiger partial charge is 0.298 e. The number of aryl methyl sites for hydroxylation is 1. The summed E-state index contributed by atoms with van der Waals surface area (Å²) < 4.78 is 10.7. The normalized spacial score (nSPS) is 28.3. The molecule has 3 unspecified atom stereocenters. The first-order chi connectivity index (χ1) is 12.5. The number of thiazole rings is 1. The van der Waals surface area contributed by atoms with Gasteiger partial charge in [-0.25, -0.2) is 9.98 Å². The van der Waals surface area contributed by atoms with Crippen molar-refractivity contribution in [1.82, 2.24) is 15.1 Å². The molecule has 4 rings (SSSR count). The zero-order valence-corrected chi connectivity index (χ0v) is 15.9. The van der Waals surface area contributed by atoms with E-state index in [9.17, 15) is 4.79 Å². The van der Waals surface area contributed by atoms with Crippen LogP contribution < -0.4 is 11.1 Å². The number of fused-ring (bicyclic) bond motifs is 1. The number of aliphatic imine (C=N–C) groups is 1. The molecule has 26 heavy (non-hydrogen) atoms. The van der Waals surface area contributed by atoms with Crippen LogP contribution in [0.4, 0.5) is 5.82 Å². The highest BCUT2D eigenvalue weighted by Gasteiger charge is 2.49. The molecular formula is C15H18N6O3S2. The van der Waals surface area contributed by atoms with Crippen molar-refractivity contribution in [3.05, 3.63) is 22.1 Å². The largest absolute Gasteiger partial charge is 0.379 e. The molecule has 0 aromatic carbocycles. The predicted molar refractivity (Wildman–Crippen MR) is 98.4 cm³/mol. The average molecular weight is 394 g/mol. The first-order valence-electron chi connectivity index (χ1n) is 8.13. The van der Waals surface area contributed by atoms with Crippen molar-refractivity contribution in [3.63, 3.8) is 0 Å². The Labute approximate surface area is 157 Å². The third-order valence-corrected chi connectivity index (χ3v) is 6.43. The quantitative estimate of drug-likeness (QED) is 0.806. The van der Waals surface area contributed by atoms with Gasteiger partial charge in [0.05, 0.1) is 12.7 Å². The molecule has 1 saturated heterocycles. The highest BCUT2D eigenvalue weighted by molar-refractivity contribution is 8.13. The van der Waals surface area contributed by atoms with Crippen molar-refractivity contribution in [2.24, 2.45) is 16.6 Å². The van der Waals surface area contributed by atoms with E-state index in [1.165, 1.54) is 11.3 Å². The van der Waals surface area contributed by atoms with Gasteiger partial charge in [0.25, 0.3) is 11.7 Å². The number of hydrogen-bond acceptors (Lipinski definition) is 10. The van der Waals surface area contributed by atoms with Gasteiger partial charge < -0.3 is 20.3 Å². The van der Waals surface area contributed by atoms with Crippen LogP contribution in [0.5, 0.6) is 0 Å². The van der Waals surface area contributed by atoms with Gasteiger partial charge in [-0.15, -0.1) is 11.3 Å². The summed E-state index contributed by atoms with van der Waals surface area (Å²) in [5.74, 6) is 1.43. The fraction of sp³-hybridized carbons (Fsp3) is 0.533. The molecule has 0 saturated carbocycles. The topological polar surface area (TPSA) is 129 Å². The molecule has 4 heterocycles. The van der Waals surface area contributed by atoms with Gasteiger partial charge in [0.15, 0.2) is 5.17 Å². The summed E-state index contributed by atoms with van der Waals surface area (Å²) in [6.07, 6.45) is 1.08. The molecule has 0 spiro atoms. The molecule has 1 amide bonds. The van der Waals surface area contributed by atoms with Crippen LogP contribution >= 0.6 is 23.1 Å². The average Bonchev–Trinajstić information content (AvgIpc) is 3.24. The van der Waals surface area contributed by atoms with Gasteiger partial charge >= 0.3 is 0 Å². The molecule has 3 N–H and O–H groups in total. The number of nitrogens with zero attached hydrogens (tertiary/aromatic N) is 4. The van der Waals surface area contributed by atoms with Crippen LogP contribution in [0.1, 0.15) is 34.9 Å². The predicted octanol–water partition coefficient (Wildman–Crippen LogP) is 1.77. The number of carbonyl (C=O) groups is 1. The third kappa shape index (κ3) is 3.10. The van der Waals surface area contributed by atoms with Gasteiger partial charge in [-0.3, -0.25) is 4.79 Å². The maximum Gasteiger partial charge on any atom is 0.298 e. The van der Waals surface area contributed by atoms with Gasteiger partial charge in [0, 0.05) is 24.0 Å². The maximum atomic E-state index is 12.2. The van der Waals surface area contributed by atoms with E-state index in [-0.39, 0.29) is 17.8 Å². The summed E-state index contributed by atoms with van der Waals surface area (Å²) >= 11 is 3.00. The Hall–Kier alpha value is -1.98. The van der Waals surface area contributed by atoms with E-state index >= 15 is 0 Å². The number of ether oxygens (including phenoxy) is 1. The molecule has 0 bridgehead atoms. The number of amides is 1. The fourth-order valence-corrected chi connectivity index (χ4v) is 5.15. The van der Waals surface area contributed by atoms with Crippen LogP contribution in [0.15, 0.2) is 14.9 Å². The lowest BCUT2D eigenvalue weighted by molar-refractivity contribution is -0.0466. The van der Waals surface area contributed by atoms with Crippen molar-refractivity contribution in [1.29, 1.82) is 0 Å². The maximum absolute atomic E-state index is 12.2. The number of thioether (sulfide) groups is 1. The molecule has 0 radical (unpaired) electrons. The monoisotopic (exact) mass is 394 g/mol. The third-order valence-electron chi connectivity index (χ3n) is 4.47. The van der Waals surface area contributed by atoms with E-state index in [0.29, 0.717) is 23.5 Å². The summed E-state index contributed by atoms with van der Waals surface area (Å²) in [6, 6.07) is 0. The molecule has 11 heteroatoms. The molecular weight excluding hydrogens is 376 g/mol. The number of hydrogen-bond donors (Lipinski definition) is 2.